The van der Waals surface area contributed by atoms with Gasteiger partial charge in [-0.1, -0.05) is 60.7 Å². The van der Waals surface area contributed by atoms with Gasteiger partial charge in [-0.15, -0.1) is 0 Å². The summed E-state index contributed by atoms with van der Waals surface area (Å²) in [5, 5.41) is 0. The van der Waals surface area contributed by atoms with E-state index in [1.165, 1.54) is 5.56 Å². The number of likely N-dealkylation sites (tertiary alicyclic amines) is 1. The van der Waals surface area contributed by atoms with Gasteiger partial charge in [0.2, 0.25) is 5.91 Å². The van der Waals surface area contributed by atoms with Gasteiger partial charge in [-0.05, 0) is 44.5 Å². The molecule has 4 nitrogen and oxygen atoms in total. The van der Waals surface area contributed by atoms with Gasteiger partial charge in [0, 0.05) is 18.6 Å². The van der Waals surface area contributed by atoms with Crippen LogP contribution in [0.15, 0.2) is 60.7 Å². The van der Waals surface area contributed by atoms with Crippen LogP contribution in [0.3, 0.4) is 0 Å². The number of rotatable bonds is 5. The third kappa shape index (κ3) is 3.81. The fourth-order valence-electron chi connectivity index (χ4n) is 4.03. The fraction of sp³-hybridized carbons (Fsp3) is 0.409. The zero-order valence-electron chi connectivity index (χ0n) is 15.8. The highest BCUT2D eigenvalue weighted by Crippen LogP contribution is 2.37. The second-order valence-electron chi connectivity index (χ2n) is 7.41. The second kappa shape index (κ2) is 8.02. The number of carbonyl (C=O) groups is 1. The van der Waals surface area contributed by atoms with Gasteiger partial charge in [0.15, 0.2) is 0 Å². The molecule has 1 saturated heterocycles. The average Bonchev–Trinajstić information content (AvgIpc) is 2.68. The van der Waals surface area contributed by atoms with Gasteiger partial charge < -0.3 is 10.6 Å². The quantitative estimate of drug-likeness (QED) is 0.901. The third-order valence-electron chi connectivity index (χ3n) is 5.69. The first-order valence-corrected chi connectivity index (χ1v) is 9.34. The lowest BCUT2D eigenvalue weighted by Crippen LogP contribution is -2.54. The summed E-state index contributed by atoms with van der Waals surface area (Å²) in [6.45, 7) is 1.49. The third-order valence-corrected chi connectivity index (χ3v) is 5.69. The highest BCUT2D eigenvalue weighted by atomic mass is 16.2. The number of hydrogen-bond donors (Lipinski definition) is 1. The maximum Gasteiger partial charge on any atom is 0.239 e. The van der Waals surface area contributed by atoms with Crippen molar-refractivity contribution in [2.75, 3.05) is 27.2 Å². The number of hydrogen-bond acceptors (Lipinski definition) is 3. The first-order chi connectivity index (χ1) is 12.5. The van der Waals surface area contributed by atoms with Crippen molar-refractivity contribution in [3.8, 4) is 0 Å². The lowest BCUT2D eigenvalue weighted by Gasteiger charge is -2.47. The molecule has 138 valence electrons. The molecule has 0 aromatic heterocycles. The molecular weight excluding hydrogens is 322 g/mol. The molecular formula is C22H29N3O. The van der Waals surface area contributed by atoms with Gasteiger partial charge in [-0.3, -0.25) is 9.69 Å². The Morgan fingerprint density at radius 1 is 1.04 bits per heavy atom. The van der Waals surface area contributed by atoms with Crippen LogP contribution in [0.25, 0.3) is 0 Å². The zero-order chi connectivity index (χ0) is 18.6. The summed E-state index contributed by atoms with van der Waals surface area (Å²) in [6.07, 6.45) is 2.44. The Bertz CT molecular complexity index is 707. The van der Waals surface area contributed by atoms with Crippen molar-refractivity contribution < 1.29 is 4.79 Å². The predicted octanol–water partition coefficient (Wildman–Crippen LogP) is 2.64. The topological polar surface area (TPSA) is 49.6 Å². The van der Waals surface area contributed by atoms with E-state index < -0.39 is 6.04 Å². The van der Waals surface area contributed by atoms with Gasteiger partial charge in [0.25, 0.3) is 0 Å². The molecule has 0 aliphatic carbocycles. The molecule has 2 aromatic rings. The highest BCUT2D eigenvalue weighted by molar-refractivity contribution is 5.82. The van der Waals surface area contributed by atoms with Crippen molar-refractivity contribution in [3.05, 3.63) is 71.8 Å². The maximum absolute atomic E-state index is 12.8. The van der Waals surface area contributed by atoms with E-state index >= 15 is 0 Å². The van der Waals surface area contributed by atoms with E-state index in [0.717, 1.165) is 31.5 Å². The van der Waals surface area contributed by atoms with Crippen LogP contribution in [0, 0.1) is 0 Å². The van der Waals surface area contributed by atoms with E-state index in [1.807, 2.05) is 41.3 Å². The lowest BCUT2D eigenvalue weighted by molar-refractivity contribution is -0.135. The van der Waals surface area contributed by atoms with Gasteiger partial charge in [0.05, 0.1) is 6.04 Å². The number of benzene rings is 2. The normalized spacial score (nSPS) is 17.9. The van der Waals surface area contributed by atoms with Crippen LogP contribution in [-0.4, -0.2) is 48.9 Å². The average molecular weight is 351 g/mol. The summed E-state index contributed by atoms with van der Waals surface area (Å²) in [5.41, 5.74) is 8.64. The summed E-state index contributed by atoms with van der Waals surface area (Å²) in [5.74, 6) is 0.0641. The minimum Gasteiger partial charge on any atom is -0.341 e. The molecule has 1 amide bonds. The molecule has 1 heterocycles. The molecule has 3 rings (SSSR count). The Kier molecular flexibility index (Phi) is 5.74. The monoisotopic (exact) mass is 351 g/mol. The first-order valence-electron chi connectivity index (χ1n) is 9.34. The molecule has 0 saturated carbocycles. The fourth-order valence-corrected chi connectivity index (χ4v) is 4.03. The van der Waals surface area contributed by atoms with Crippen LogP contribution >= 0.6 is 0 Å². The van der Waals surface area contributed by atoms with E-state index in [2.05, 4.69) is 43.3 Å². The summed E-state index contributed by atoms with van der Waals surface area (Å²) in [6, 6.07) is 20.1. The Labute approximate surface area is 156 Å². The smallest absolute Gasteiger partial charge is 0.239 e. The number of amides is 1. The van der Waals surface area contributed by atoms with Gasteiger partial charge in [-0.2, -0.15) is 0 Å². The van der Waals surface area contributed by atoms with Crippen molar-refractivity contribution in [1.29, 1.82) is 0 Å². The van der Waals surface area contributed by atoms with E-state index in [9.17, 15) is 4.79 Å². The van der Waals surface area contributed by atoms with E-state index in [0.29, 0.717) is 6.42 Å². The van der Waals surface area contributed by atoms with E-state index in [4.69, 9.17) is 5.73 Å². The molecule has 2 N–H and O–H groups in total. The largest absolute Gasteiger partial charge is 0.341 e. The second-order valence-corrected chi connectivity index (χ2v) is 7.41. The molecule has 0 radical (unpaired) electrons. The van der Waals surface area contributed by atoms with E-state index in [-0.39, 0.29) is 11.4 Å². The molecule has 1 aliphatic rings. The van der Waals surface area contributed by atoms with Gasteiger partial charge >= 0.3 is 0 Å². The van der Waals surface area contributed by atoms with Gasteiger partial charge in [0.1, 0.15) is 0 Å². The highest BCUT2D eigenvalue weighted by Gasteiger charge is 2.39. The molecule has 4 heteroatoms. The Morgan fingerprint density at radius 2 is 1.58 bits per heavy atom. The summed E-state index contributed by atoms with van der Waals surface area (Å²) >= 11 is 0. The van der Waals surface area contributed by atoms with Crippen molar-refractivity contribution in [2.24, 2.45) is 5.73 Å². The molecule has 1 fully saturated rings. The van der Waals surface area contributed by atoms with Crippen molar-refractivity contribution in [1.82, 2.24) is 9.80 Å². The van der Waals surface area contributed by atoms with Crippen molar-refractivity contribution in [3.63, 3.8) is 0 Å². The van der Waals surface area contributed by atoms with Crippen LogP contribution in [0.1, 0.15) is 24.0 Å². The molecule has 0 spiro atoms. The first kappa shape index (κ1) is 18.6. The zero-order valence-corrected chi connectivity index (χ0v) is 15.8. The molecule has 0 unspecified atom stereocenters. The Morgan fingerprint density at radius 3 is 2.12 bits per heavy atom. The minimum absolute atomic E-state index is 0.0123. The van der Waals surface area contributed by atoms with Crippen LogP contribution in [0.2, 0.25) is 0 Å². The summed E-state index contributed by atoms with van der Waals surface area (Å²) < 4.78 is 0. The standard InChI is InChI=1S/C22H29N3O/c1-24(2)22(19-11-7-4-8-12-19)13-15-25(16-14-22)21(26)20(23)17-18-9-5-3-6-10-18/h3-12,20H,13-17,23H2,1-2H3/t20-/m0/s1. The molecule has 0 bridgehead atoms. The molecule has 1 aliphatic heterocycles. The predicted molar refractivity (Wildman–Crippen MR) is 106 cm³/mol. The number of piperidine rings is 1. The van der Waals surface area contributed by atoms with Crippen molar-refractivity contribution >= 4 is 5.91 Å². The van der Waals surface area contributed by atoms with Gasteiger partial charge in [-0.25, -0.2) is 0 Å². The summed E-state index contributed by atoms with van der Waals surface area (Å²) in [4.78, 5) is 17.0. The van der Waals surface area contributed by atoms with Crippen LogP contribution in [0.5, 0.6) is 0 Å². The minimum atomic E-state index is -0.471. The number of nitrogens with zero attached hydrogens (tertiary/aromatic N) is 2. The number of nitrogens with two attached hydrogens (primary N) is 1. The van der Waals surface area contributed by atoms with Crippen LogP contribution in [-0.2, 0) is 16.8 Å². The Hall–Kier alpha value is -2.17. The summed E-state index contributed by atoms with van der Waals surface area (Å²) in [7, 11) is 4.26. The Balaban J connectivity index is 1.66. The van der Waals surface area contributed by atoms with E-state index in [1.54, 1.807) is 0 Å². The van der Waals surface area contributed by atoms with Crippen LogP contribution < -0.4 is 5.73 Å². The van der Waals surface area contributed by atoms with Crippen molar-refractivity contribution in [2.45, 2.75) is 30.8 Å². The molecule has 26 heavy (non-hydrogen) atoms. The molecule has 1 atom stereocenters. The maximum atomic E-state index is 12.8. The SMILES string of the molecule is CN(C)C1(c2ccccc2)CCN(C(=O)[C@@H](N)Cc2ccccc2)CC1. The number of carbonyl (C=O) groups excluding carboxylic acids is 1. The van der Waals surface area contributed by atoms with Crippen LogP contribution in [0.4, 0.5) is 0 Å². The molecule has 2 aromatic carbocycles. The lowest BCUT2D eigenvalue weighted by atomic mass is 9.79.